The Morgan fingerprint density at radius 2 is 2.25 bits per heavy atom. The molecule has 1 aromatic heterocycles. The highest BCUT2D eigenvalue weighted by Crippen LogP contribution is 2.29. The van der Waals surface area contributed by atoms with Gasteiger partial charge in [-0.15, -0.1) is 5.10 Å². The lowest BCUT2D eigenvalue weighted by Crippen LogP contribution is -2.06. The summed E-state index contributed by atoms with van der Waals surface area (Å²) in [7, 11) is 0. The number of aromatic amines is 1. The van der Waals surface area contributed by atoms with Crippen LogP contribution in [0.3, 0.4) is 0 Å². The van der Waals surface area contributed by atoms with Crippen LogP contribution in [0.4, 0.5) is 5.69 Å². The van der Waals surface area contributed by atoms with Crippen molar-refractivity contribution in [1.82, 2.24) is 15.4 Å². The van der Waals surface area contributed by atoms with Crippen LogP contribution in [0.2, 0.25) is 0 Å². The van der Waals surface area contributed by atoms with Crippen LogP contribution >= 0.6 is 0 Å². The van der Waals surface area contributed by atoms with E-state index in [9.17, 15) is 9.59 Å². The summed E-state index contributed by atoms with van der Waals surface area (Å²) in [4.78, 5) is 23.1. The third-order valence-electron chi connectivity index (χ3n) is 3.02. The minimum Gasteiger partial charge on any atom is -0.461 e. The molecule has 0 aliphatic carbocycles. The van der Waals surface area contributed by atoms with Crippen LogP contribution < -0.4 is 5.32 Å². The molecule has 1 aliphatic heterocycles. The van der Waals surface area contributed by atoms with Crippen molar-refractivity contribution in [2.75, 3.05) is 11.9 Å². The molecule has 7 heteroatoms. The fraction of sp³-hybridized carbons (Fsp3) is 0.231. The average Bonchev–Trinajstić information content (AvgIpc) is 3.02. The third kappa shape index (κ3) is 2.03. The number of hydrogen-bond acceptors (Lipinski definition) is 5. The molecule has 2 heterocycles. The van der Waals surface area contributed by atoms with E-state index in [1.165, 1.54) is 0 Å². The Hall–Kier alpha value is -2.70. The first-order chi connectivity index (χ1) is 9.69. The molecule has 0 radical (unpaired) electrons. The molecular weight excluding hydrogens is 260 g/mol. The van der Waals surface area contributed by atoms with Crippen molar-refractivity contribution < 1.29 is 14.3 Å². The molecule has 2 aromatic rings. The van der Waals surface area contributed by atoms with Crippen LogP contribution in [0.25, 0.3) is 11.3 Å². The molecule has 0 spiro atoms. The molecule has 0 bridgehead atoms. The number of aromatic nitrogens is 3. The molecule has 1 aromatic carbocycles. The van der Waals surface area contributed by atoms with Gasteiger partial charge in [0.15, 0.2) is 5.69 Å². The van der Waals surface area contributed by atoms with Gasteiger partial charge in [0.1, 0.15) is 5.69 Å². The second kappa shape index (κ2) is 4.76. The Bertz CT molecular complexity index is 693. The second-order valence-electron chi connectivity index (χ2n) is 4.34. The van der Waals surface area contributed by atoms with Crippen LogP contribution in [0.1, 0.15) is 23.0 Å². The number of hydrogen-bond donors (Lipinski definition) is 2. The maximum atomic E-state index is 11.8. The normalized spacial score (nSPS) is 12.9. The van der Waals surface area contributed by atoms with Gasteiger partial charge in [0.2, 0.25) is 5.91 Å². The summed E-state index contributed by atoms with van der Waals surface area (Å²) in [6, 6.07) is 5.40. The standard InChI is InChI=1S/C13H12N4O3/c1-2-20-13(19)12-11(15-17-16-12)7-3-4-9-8(5-7)6-10(18)14-9/h3-5H,2,6H2,1H3,(H,14,18)(H,15,16,17). The van der Waals surface area contributed by atoms with E-state index in [2.05, 4.69) is 20.7 Å². The zero-order valence-electron chi connectivity index (χ0n) is 10.8. The average molecular weight is 272 g/mol. The first-order valence-electron chi connectivity index (χ1n) is 6.20. The lowest BCUT2D eigenvalue weighted by Gasteiger charge is -2.03. The topological polar surface area (TPSA) is 97.0 Å². The zero-order chi connectivity index (χ0) is 14.1. The smallest absolute Gasteiger partial charge is 0.361 e. The first kappa shape index (κ1) is 12.3. The van der Waals surface area contributed by atoms with E-state index in [0.717, 1.165) is 16.8 Å². The van der Waals surface area contributed by atoms with Gasteiger partial charge in [0.05, 0.1) is 13.0 Å². The fourth-order valence-corrected chi connectivity index (χ4v) is 2.15. The number of nitrogens with zero attached hydrogens (tertiary/aromatic N) is 2. The number of H-pyrrole nitrogens is 1. The number of rotatable bonds is 3. The molecule has 0 unspecified atom stereocenters. The molecular formula is C13H12N4O3. The minimum atomic E-state index is -0.522. The lowest BCUT2D eigenvalue weighted by molar-refractivity contribution is -0.115. The van der Waals surface area contributed by atoms with Crippen molar-refractivity contribution in [3.05, 3.63) is 29.5 Å². The molecule has 102 valence electrons. The molecule has 20 heavy (non-hydrogen) atoms. The maximum Gasteiger partial charge on any atom is 0.361 e. The number of benzene rings is 1. The SMILES string of the molecule is CCOC(=O)c1n[nH]nc1-c1ccc2c(c1)CC(=O)N2. The van der Waals surface area contributed by atoms with Crippen LogP contribution in [0.5, 0.6) is 0 Å². The first-order valence-corrected chi connectivity index (χ1v) is 6.20. The summed E-state index contributed by atoms with van der Waals surface area (Å²) in [5.41, 5.74) is 2.96. The lowest BCUT2D eigenvalue weighted by atomic mass is 10.0. The van der Waals surface area contributed by atoms with Crippen molar-refractivity contribution in [1.29, 1.82) is 0 Å². The van der Waals surface area contributed by atoms with Crippen LogP contribution in [0, 0.1) is 0 Å². The largest absolute Gasteiger partial charge is 0.461 e. The number of carbonyl (C=O) groups excluding carboxylic acids is 2. The van der Waals surface area contributed by atoms with Crippen LogP contribution in [0.15, 0.2) is 18.2 Å². The van der Waals surface area contributed by atoms with Crippen LogP contribution in [-0.2, 0) is 16.0 Å². The number of carbonyl (C=O) groups is 2. The fourth-order valence-electron chi connectivity index (χ4n) is 2.15. The molecule has 0 saturated heterocycles. The van der Waals surface area contributed by atoms with Crippen molar-refractivity contribution in [3.63, 3.8) is 0 Å². The van der Waals surface area contributed by atoms with E-state index in [4.69, 9.17) is 4.74 Å². The number of anilines is 1. The van der Waals surface area contributed by atoms with Gasteiger partial charge < -0.3 is 10.1 Å². The summed E-state index contributed by atoms with van der Waals surface area (Å²) in [6.45, 7) is 2.00. The summed E-state index contributed by atoms with van der Waals surface area (Å²) < 4.78 is 4.93. The summed E-state index contributed by atoms with van der Waals surface area (Å²) in [5.74, 6) is -0.561. The van der Waals surface area contributed by atoms with Gasteiger partial charge in [0.25, 0.3) is 0 Å². The molecule has 3 rings (SSSR count). The Morgan fingerprint density at radius 1 is 1.40 bits per heavy atom. The minimum absolute atomic E-state index is 0.0390. The van der Waals surface area contributed by atoms with E-state index >= 15 is 0 Å². The summed E-state index contributed by atoms with van der Waals surface area (Å²) >= 11 is 0. The van der Waals surface area contributed by atoms with Gasteiger partial charge in [-0.2, -0.15) is 10.3 Å². The highest BCUT2D eigenvalue weighted by Gasteiger charge is 2.22. The molecule has 2 N–H and O–H groups in total. The molecule has 0 atom stereocenters. The summed E-state index contributed by atoms with van der Waals surface area (Å²) in [6.07, 6.45) is 0.329. The number of nitrogens with one attached hydrogen (secondary N) is 2. The van der Waals surface area contributed by atoms with E-state index in [0.29, 0.717) is 12.1 Å². The Morgan fingerprint density at radius 3 is 3.05 bits per heavy atom. The second-order valence-corrected chi connectivity index (χ2v) is 4.34. The third-order valence-corrected chi connectivity index (χ3v) is 3.02. The monoisotopic (exact) mass is 272 g/mol. The number of amides is 1. The number of esters is 1. The van der Waals surface area contributed by atoms with Crippen molar-refractivity contribution in [2.45, 2.75) is 13.3 Å². The van der Waals surface area contributed by atoms with Crippen molar-refractivity contribution >= 4 is 17.6 Å². The maximum absolute atomic E-state index is 11.8. The Balaban J connectivity index is 1.99. The Labute approximate surface area is 114 Å². The predicted octanol–water partition coefficient (Wildman–Crippen LogP) is 1.14. The number of fused-ring (bicyclic) bond motifs is 1. The summed E-state index contributed by atoms with van der Waals surface area (Å²) in [5, 5.41) is 13.0. The van der Waals surface area contributed by atoms with Crippen molar-refractivity contribution in [3.8, 4) is 11.3 Å². The molecule has 0 fully saturated rings. The zero-order valence-corrected chi connectivity index (χ0v) is 10.8. The Kier molecular flexibility index (Phi) is 2.94. The van der Waals surface area contributed by atoms with E-state index in [1.807, 2.05) is 6.07 Å². The quantitative estimate of drug-likeness (QED) is 0.817. The highest BCUT2D eigenvalue weighted by molar-refractivity contribution is 6.00. The van der Waals surface area contributed by atoms with E-state index in [-0.39, 0.29) is 18.2 Å². The molecule has 1 amide bonds. The van der Waals surface area contributed by atoms with E-state index < -0.39 is 5.97 Å². The highest BCUT2D eigenvalue weighted by atomic mass is 16.5. The van der Waals surface area contributed by atoms with E-state index in [1.54, 1.807) is 19.1 Å². The molecule has 7 nitrogen and oxygen atoms in total. The van der Waals surface area contributed by atoms with Gasteiger partial charge in [0, 0.05) is 11.3 Å². The van der Waals surface area contributed by atoms with Gasteiger partial charge >= 0.3 is 5.97 Å². The predicted molar refractivity (Wildman–Crippen MR) is 70.1 cm³/mol. The van der Waals surface area contributed by atoms with Gasteiger partial charge in [-0.3, -0.25) is 4.79 Å². The van der Waals surface area contributed by atoms with Crippen molar-refractivity contribution in [2.24, 2.45) is 0 Å². The molecule has 1 aliphatic rings. The van der Waals surface area contributed by atoms with Gasteiger partial charge in [-0.1, -0.05) is 6.07 Å². The van der Waals surface area contributed by atoms with Gasteiger partial charge in [-0.05, 0) is 24.6 Å². The molecule has 0 saturated carbocycles. The number of ether oxygens (including phenoxy) is 1. The van der Waals surface area contributed by atoms with Crippen LogP contribution in [-0.4, -0.2) is 33.9 Å². The van der Waals surface area contributed by atoms with Gasteiger partial charge in [-0.25, -0.2) is 4.79 Å².